The summed E-state index contributed by atoms with van der Waals surface area (Å²) in [6.45, 7) is 4.27. The number of halogens is 1. The van der Waals surface area contributed by atoms with Crippen LogP contribution in [-0.2, 0) is 21.4 Å². The van der Waals surface area contributed by atoms with Gasteiger partial charge in [-0.1, -0.05) is 35.9 Å². The third kappa shape index (κ3) is 5.47. The molecular formula is C20H24ClN3O3S. The number of carbonyl (C=O) groups is 1. The van der Waals surface area contributed by atoms with Crippen molar-refractivity contribution in [2.24, 2.45) is 0 Å². The van der Waals surface area contributed by atoms with Gasteiger partial charge in [-0.05, 0) is 42.3 Å². The molecule has 0 atom stereocenters. The maximum absolute atomic E-state index is 12.6. The molecule has 6 nitrogen and oxygen atoms in total. The third-order valence-corrected chi connectivity index (χ3v) is 6.75. The highest BCUT2D eigenvalue weighted by molar-refractivity contribution is 7.89. The van der Waals surface area contributed by atoms with Gasteiger partial charge in [0.2, 0.25) is 15.9 Å². The van der Waals surface area contributed by atoms with Crippen molar-refractivity contribution >= 4 is 33.2 Å². The first-order chi connectivity index (χ1) is 13.3. The van der Waals surface area contributed by atoms with Crippen LogP contribution in [0.25, 0.3) is 0 Å². The summed E-state index contributed by atoms with van der Waals surface area (Å²) >= 11 is 5.83. The highest BCUT2D eigenvalue weighted by Crippen LogP contribution is 2.19. The molecule has 2 aromatic carbocycles. The highest BCUT2D eigenvalue weighted by atomic mass is 35.5. The normalized spacial score (nSPS) is 15.4. The largest absolute Gasteiger partial charge is 0.369 e. The van der Waals surface area contributed by atoms with Crippen LogP contribution in [0.5, 0.6) is 0 Å². The van der Waals surface area contributed by atoms with Crippen LogP contribution in [0.1, 0.15) is 11.1 Å². The Kier molecular flexibility index (Phi) is 6.59. The SMILES string of the molecule is Cc1cccc(N2CCN(S(=O)(=O)CC(=O)NCc3ccc(Cl)cc3)CC2)c1. The molecule has 0 aliphatic carbocycles. The van der Waals surface area contributed by atoms with Gasteiger partial charge in [-0.25, -0.2) is 8.42 Å². The molecule has 8 heteroatoms. The average molecular weight is 422 g/mol. The van der Waals surface area contributed by atoms with Gasteiger partial charge >= 0.3 is 0 Å². The van der Waals surface area contributed by atoms with E-state index < -0.39 is 21.7 Å². The van der Waals surface area contributed by atoms with E-state index >= 15 is 0 Å². The molecule has 0 aromatic heterocycles. The Morgan fingerprint density at radius 3 is 2.39 bits per heavy atom. The highest BCUT2D eigenvalue weighted by Gasteiger charge is 2.29. The van der Waals surface area contributed by atoms with Crippen molar-refractivity contribution in [2.45, 2.75) is 13.5 Å². The topological polar surface area (TPSA) is 69.7 Å². The molecule has 1 aliphatic heterocycles. The van der Waals surface area contributed by atoms with Gasteiger partial charge < -0.3 is 10.2 Å². The van der Waals surface area contributed by atoms with Crippen LogP contribution in [0, 0.1) is 6.92 Å². The minimum Gasteiger partial charge on any atom is -0.369 e. The minimum absolute atomic E-state index is 0.270. The van der Waals surface area contributed by atoms with Gasteiger partial charge in [-0.15, -0.1) is 0 Å². The van der Waals surface area contributed by atoms with E-state index in [-0.39, 0.29) is 6.54 Å². The Balaban J connectivity index is 1.50. The predicted molar refractivity (Wildman–Crippen MR) is 112 cm³/mol. The standard InChI is InChI=1S/C20H24ClN3O3S/c1-16-3-2-4-19(13-16)23-9-11-24(12-10-23)28(26,27)15-20(25)22-14-17-5-7-18(21)8-6-17/h2-8,13H,9-12,14-15H2,1H3,(H,22,25). The number of anilines is 1. The van der Waals surface area contributed by atoms with Gasteiger partial charge in [0.1, 0.15) is 5.75 Å². The van der Waals surface area contributed by atoms with Crippen molar-refractivity contribution in [1.29, 1.82) is 0 Å². The molecule has 1 aliphatic rings. The van der Waals surface area contributed by atoms with E-state index in [0.29, 0.717) is 31.2 Å². The van der Waals surface area contributed by atoms with Gasteiger partial charge in [-0.2, -0.15) is 4.31 Å². The molecule has 0 bridgehead atoms. The van der Waals surface area contributed by atoms with E-state index in [4.69, 9.17) is 11.6 Å². The average Bonchev–Trinajstić information content (AvgIpc) is 2.67. The Morgan fingerprint density at radius 2 is 1.75 bits per heavy atom. The summed E-state index contributed by atoms with van der Waals surface area (Å²) in [5, 5.41) is 3.27. The zero-order chi connectivity index (χ0) is 20.1. The molecule has 0 unspecified atom stereocenters. The van der Waals surface area contributed by atoms with E-state index in [1.165, 1.54) is 9.87 Å². The van der Waals surface area contributed by atoms with Crippen LogP contribution < -0.4 is 10.2 Å². The number of hydrogen-bond acceptors (Lipinski definition) is 4. The van der Waals surface area contributed by atoms with Gasteiger partial charge in [0.05, 0.1) is 0 Å². The molecule has 0 saturated carbocycles. The molecule has 0 spiro atoms. The summed E-state index contributed by atoms with van der Waals surface area (Å²) in [5.74, 6) is -1.04. The molecule has 1 fully saturated rings. The predicted octanol–water partition coefficient (Wildman–Crippen LogP) is 2.42. The van der Waals surface area contributed by atoms with Crippen LogP contribution in [0.3, 0.4) is 0 Å². The summed E-state index contributed by atoms with van der Waals surface area (Å²) < 4.78 is 26.6. The third-order valence-electron chi connectivity index (χ3n) is 4.72. The van der Waals surface area contributed by atoms with Crippen molar-refractivity contribution in [3.05, 3.63) is 64.7 Å². The van der Waals surface area contributed by atoms with Crippen LogP contribution in [0.4, 0.5) is 5.69 Å². The maximum atomic E-state index is 12.6. The molecular weight excluding hydrogens is 398 g/mol. The number of nitrogens with one attached hydrogen (secondary N) is 1. The molecule has 1 saturated heterocycles. The fraction of sp³-hybridized carbons (Fsp3) is 0.350. The monoisotopic (exact) mass is 421 g/mol. The van der Waals surface area contributed by atoms with E-state index in [9.17, 15) is 13.2 Å². The Bertz CT molecular complexity index is 924. The summed E-state index contributed by atoms with van der Waals surface area (Å²) in [7, 11) is -3.63. The zero-order valence-corrected chi connectivity index (χ0v) is 17.3. The van der Waals surface area contributed by atoms with Crippen LogP contribution >= 0.6 is 11.6 Å². The van der Waals surface area contributed by atoms with Gasteiger partial charge in [0.25, 0.3) is 0 Å². The molecule has 1 heterocycles. The lowest BCUT2D eigenvalue weighted by molar-refractivity contribution is -0.118. The Morgan fingerprint density at radius 1 is 1.07 bits per heavy atom. The molecule has 1 amide bonds. The van der Waals surface area contributed by atoms with E-state index in [1.807, 2.05) is 25.1 Å². The van der Waals surface area contributed by atoms with Crippen molar-refractivity contribution in [3.63, 3.8) is 0 Å². The Labute approximate surface area is 171 Å². The summed E-state index contributed by atoms with van der Waals surface area (Å²) in [6.07, 6.45) is 0. The second kappa shape index (κ2) is 8.94. The molecule has 0 radical (unpaired) electrons. The molecule has 28 heavy (non-hydrogen) atoms. The lowest BCUT2D eigenvalue weighted by Crippen LogP contribution is -2.50. The number of piperazine rings is 1. The Hall–Kier alpha value is -2.09. The second-order valence-corrected chi connectivity index (χ2v) is 9.29. The number of carbonyl (C=O) groups excluding carboxylic acids is 1. The quantitative estimate of drug-likeness (QED) is 0.777. The number of hydrogen-bond donors (Lipinski definition) is 1. The number of rotatable bonds is 6. The zero-order valence-electron chi connectivity index (χ0n) is 15.8. The minimum atomic E-state index is -3.63. The van der Waals surface area contributed by atoms with Crippen LogP contribution in [0.15, 0.2) is 48.5 Å². The van der Waals surface area contributed by atoms with Gasteiger partial charge in [-0.3, -0.25) is 4.79 Å². The van der Waals surface area contributed by atoms with Crippen molar-refractivity contribution in [3.8, 4) is 0 Å². The smallest absolute Gasteiger partial charge is 0.236 e. The first-order valence-electron chi connectivity index (χ1n) is 9.14. The van der Waals surface area contributed by atoms with E-state index in [1.54, 1.807) is 24.3 Å². The number of sulfonamides is 1. The first kappa shape index (κ1) is 20.6. The van der Waals surface area contributed by atoms with Crippen molar-refractivity contribution in [2.75, 3.05) is 36.8 Å². The second-order valence-electron chi connectivity index (χ2n) is 6.88. The van der Waals surface area contributed by atoms with Crippen LogP contribution in [0.2, 0.25) is 5.02 Å². The van der Waals surface area contributed by atoms with E-state index in [0.717, 1.165) is 11.3 Å². The molecule has 2 aromatic rings. The number of amides is 1. The van der Waals surface area contributed by atoms with Gasteiger partial charge in [0, 0.05) is 43.4 Å². The maximum Gasteiger partial charge on any atom is 0.236 e. The lowest BCUT2D eigenvalue weighted by atomic mass is 10.2. The molecule has 150 valence electrons. The summed E-state index contributed by atoms with van der Waals surface area (Å²) in [4.78, 5) is 14.3. The van der Waals surface area contributed by atoms with Crippen LogP contribution in [-0.4, -0.2) is 50.6 Å². The summed E-state index contributed by atoms with van der Waals surface area (Å²) in [6, 6.07) is 15.2. The fourth-order valence-corrected chi connectivity index (χ4v) is 4.62. The molecule has 1 N–H and O–H groups in total. The summed E-state index contributed by atoms with van der Waals surface area (Å²) in [5.41, 5.74) is 3.13. The number of nitrogens with zero attached hydrogens (tertiary/aromatic N) is 2. The van der Waals surface area contributed by atoms with Crippen molar-refractivity contribution in [1.82, 2.24) is 9.62 Å². The number of benzene rings is 2. The van der Waals surface area contributed by atoms with E-state index in [2.05, 4.69) is 16.3 Å². The number of aryl methyl sites for hydroxylation is 1. The van der Waals surface area contributed by atoms with Gasteiger partial charge in [0.15, 0.2) is 0 Å². The first-order valence-corrected chi connectivity index (χ1v) is 11.1. The fourth-order valence-electron chi connectivity index (χ4n) is 3.16. The molecule has 3 rings (SSSR count). The van der Waals surface area contributed by atoms with Crippen molar-refractivity contribution < 1.29 is 13.2 Å². The lowest BCUT2D eigenvalue weighted by Gasteiger charge is -2.35.